The van der Waals surface area contributed by atoms with Crippen LogP contribution in [0.15, 0.2) is 42.6 Å². The van der Waals surface area contributed by atoms with Gasteiger partial charge in [-0.2, -0.15) is 0 Å². The predicted molar refractivity (Wildman–Crippen MR) is 208 cm³/mol. The number of benzene rings is 1. The second-order valence-corrected chi connectivity index (χ2v) is 19.3. The summed E-state index contributed by atoms with van der Waals surface area (Å²) in [7, 11) is -3.85. The van der Waals surface area contributed by atoms with Crippen molar-refractivity contribution in [1.82, 2.24) is 14.6 Å². The second-order valence-electron chi connectivity index (χ2n) is 17.3. The molecule has 1 N–H and O–H groups in total. The van der Waals surface area contributed by atoms with E-state index in [0.29, 0.717) is 38.2 Å². The number of Topliss-reactive ketones (excluding diaryl/α,β-unsaturated/α-hetero) is 1. The lowest BCUT2D eigenvalue weighted by Crippen LogP contribution is -2.47. The molecule has 2 aliphatic heterocycles. The first-order chi connectivity index (χ1) is 26.0. The summed E-state index contributed by atoms with van der Waals surface area (Å²) < 4.78 is 46.2. The molecule has 2 saturated carbocycles. The molecule has 1 aromatic heterocycles. The van der Waals surface area contributed by atoms with Crippen LogP contribution in [0.3, 0.4) is 0 Å². The van der Waals surface area contributed by atoms with Crippen molar-refractivity contribution in [1.29, 1.82) is 0 Å². The molecule has 12 nitrogen and oxygen atoms in total. The molecule has 3 fully saturated rings. The van der Waals surface area contributed by atoms with E-state index in [0.717, 1.165) is 35.8 Å². The van der Waals surface area contributed by atoms with Crippen LogP contribution in [0.25, 0.3) is 10.8 Å². The number of hydrogen-bond donors (Lipinski definition) is 1. The number of amides is 2. The summed E-state index contributed by atoms with van der Waals surface area (Å²) in [6, 6.07) is 6.56. The minimum atomic E-state index is -3.85. The van der Waals surface area contributed by atoms with E-state index < -0.39 is 56.2 Å². The lowest BCUT2D eigenvalue weighted by atomic mass is 9.82. The molecule has 1 saturated heterocycles. The Hall–Kier alpha value is -4.00. The van der Waals surface area contributed by atoms with Crippen LogP contribution in [-0.4, -0.2) is 78.0 Å². The van der Waals surface area contributed by atoms with Crippen molar-refractivity contribution in [2.75, 3.05) is 13.2 Å². The number of carbonyl (C=O) groups is 4. The zero-order valence-corrected chi connectivity index (χ0v) is 33.9. The molecule has 2 aromatic rings. The van der Waals surface area contributed by atoms with Crippen molar-refractivity contribution in [3.63, 3.8) is 0 Å². The van der Waals surface area contributed by atoms with Gasteiger partial charge in [-0.05, 0) is 113 Å². The third-order valence-electron chi connectivity index (χ3n) is 11.4. The van der Waals surface area contributed by atoms with E-state index in [2.05, 4.69) is 16.6 Å². The molecule has 0 unspecified atom stereocenters. The summed E-state index contributed by atoms with van der Waals surface area (Å²) in [5.74, 6) is -1.82. The maximum atomic E-state index is 14.8. The van der Waals surface area contributed by atoms with Gasteiger partial charge in [-0.25, -0.2) is 13.4 Å². The normalized spacial score (nSPS) is 29.7. The number of ketones is 1. The van der Waals surface area contributed by atoms with Gasteiger partial charge in [-0.1, -0.05) is 32.9 Å². The Balaban J connectivity index is 1.33. The summed E-state index contributed by atoms with van der Waals surface area (Å²) in [6.45, 7) is 12.1. The summed E-state index contributed by atoms with van der Waals surface area (Å²) in [5, 5.41) is 1.02. The Labute approximate surface area is 325 Å². The largest absolute Gasteiger partial charge is 0.494 e. The highest BCUT2D eigenvalue weighted by Gasteiger charge is 2.61. The van der Waals surface area contributed by atoms with Gasteiger partial charge in [-0.15, -0.1) is 0 Å². The minimum Gasteiger partial charge on any atom is -0.494 e. The fourth-order valence-electron chi connectivity index (χ4n) is 8.24. The molecule has 0 spiro atoms. The van der Waals surface area contributed by atoms with Crippen LogP contribution in [0.4, 0.5) is 0 Å². The van der Waals surface area contributed by atoms with E-state index in [1.165, 1.54) is 4.90 Å². The number of rotatable bonds is 10. The first-order valence-electron chi connectivity index (χ1n) is 20.0. The van der Waals surface area contributed by atoms with Crippen LogP contribution in [0, 0.1) is 29.1 Å². The van der Waals surface area contributed by atoms with Gasteiger partial charge in [-0.3, -0.25) is 23.9 Å². The molecule has 7 atom stereocenters. The van der Waals surface area contributed by atoms with Crippen molar-refractivity contribution in [3.05, 3.63) is 42.6 Å². The number of esters is 1. The Morgan fingerprint density at radius 3 is 2.55 bits per heavy atom. The van der Waals surface area contributed by atoms with Gasteiger partial charge in [0.25, 0.3) is 0 Å². The predicted octanol–water partition coefficient (Wildman–Crippen LogP) is 6.31. The number of sulfonamides is 1. The first kappa shape index (κ1) is 40.7. The zero-order valence-electron chi connectivity index (χ0n) is 33.0. The number of fused-ring (bicyclic) bond motifs is 3. The van der Waals surface area contributed by atoms with Crippen molar-refractivity contribution < 1.29 is 41.8 Å². The number of allylic oxidation sites excluding steroid dienone is 2. The third kappa shape index (κ3) is 9.70. The average molecular weight is 780 g/mol. The number of carbonyl (C=O) groups excluding carboxylic acids is 4. The SMILES string of the molecule is CCCOc1ccc2c(O[C@@H]3C[C@H]4C(=O)C[C@]5(C(=O)NS(=O)(=O)C6CC6)C[C@H]5/C=C\CC[C@H](C)C[C@@H](C)[C@H](CC(=O)OC(C)(C)C)C(=O)N4C3)nccc2c1. The third-order valence-corrected chi connectivity index (χ3v) is 13.2. The second kappa shape index (κ2) is 16.2. The highest BCUT2D eigenvalue weighted by molar-refractivity contribution is 7.90. The molecular weight excluding hydrogens is 723 g/mol. The molecule has 13 heteroatoms. The van der Waals surface area contributed by atoms with Crippen LogP contribution in [-0.2, 0) is 33.9 Å². The summed E-state index contributed by atoms with van der Waals surface area (Å²) in [4.78, 5) is 62.7. The Morgan fingerprint density at radius 2 is 1.84 bits per heavy atom. The number of nitrogens with one attached hydrogen (secondary N) is 1. The monoisotopic (exact) mass is 779 g/mol. The highest BCUT2D eigenvalue weighted by atomic mass is 32.2. The number of hydrogen-bond acceptors (Lipinski definition) is 10. The standard InChI is InChI=1S/C42H57N3O9S/c1-7-18-52-30-12-15-33-28(20-30)16-17-43-38(33)53-31-21-35-36(46)24-42(40(49)44-55(50,51)32-13-14-32)23-29(42)11-9-8-10-26(2)19-27(3)34(39(48)45(35)25-31)22-37(47)54-41(4,5)6/h9,11-12,15-17,20,26-27,29,31-32,34-35H,7-8,10,13-14,18-19,21-25H2,1-6H3,(H,44,49)/b11-9-/t26-,27+,29+,31+,34-,35-,42+/m0/s1. The van der Waals surface area contributed by atoms with Crippen molar-refractivity contribution in [2.24, 2.45) is 29.1 Å². The first-order valence-corrected chi connectivity index (χ1v) is 21.5. The Kier molecular flexibility index (Phi) is 12.0. The lowest BCUT2D eigenvalue weighted by molar-refractivity contribution is -0.160. The van der Waals surface area contributed by atoms with Crippen molar-refractivity contribution in [3.8, 4) is 11.6 Å². The van der Waals surface area contributed by atoms with Gasteiger partial charge in [0.15, 0.2) is 5.78 Å². The van der Waals surface area contributed by atoms with E-state index in [1.54, 1.807) is 27.0 Å². The molecule has 0 radical (unpaired) electrons. The van der Waals surface area contributed by atoms with E-state index in [1.807, 2.05) is 50.3 Å². The van der Waals surface area contributed by atoms with Gasteiger partial charge in [0.1, 0.15) is 17.5 Å². The number of nitrogens with zero attached hydrogens (tertiary/aromatic N) is 2. The molecule has 2 aliphatic carbocycles. The number of aromatic nitrogens is 1. The van der Waals surface area contributed by atoms with E-state index in [4.69, 9.17) is 14.2 Å². The molecule has 55 heavy (non-hydrogen) atoms. The lowest BCUT2D eigenvalue weighted by Gasteiger charge is -2.32. The smallest absolute Gasteiger partial charge is 0.307 e. The fraction of sp³-hybridized carbons (Fsp3) is 0.643. The molecule has 1 aromatic carbocycles. The van der Waals surface area contributed by atoms with E-state index in [9.17, 15) is 27.6 Å². The van der Waals surface area contributed by atoms with Crippen LogP contribution in [0.5, 0.6) is 11.6 Å². The van der Waals surface area contributed by atoms with Crippen LogP contribution < -0.4 is 14.2 Å². The minimum absolute atomic E-state index is 0.0662. The Bertz CT molecular complexity index is 1920. The van der Waals surface area contributed by atoms with Crippen LogP contribution >= 0.6 is 0 Å². The van der Waals surface area contributed by atoms with E-state index in [-0.39, 0.29) is 55.3 Å². The van der Waals surface area contributed by atoms with Gasteiger partial charge < -0.3 is 19.1 Å². The average Bonchev–Trinajstić information content (AvgIpc) is 4.04. The van der Waals surface area contributed by atoms with Crippen LogP contribution in [0.1, 0.15) is 106 Å². The zero-order chi connectivity index (χ0) is 39.7. The summed E-state index contributed by atoms with van der Waals surface area (Å²) in [6.07, 6.45) is 9.18. The quantitative estimate of drug-likeness (QED) is 0.214. The molecule has 0 bridgehead atoms. The molecule has 2 amide bonds. The maximum absolute atomic E-state index is 14.8. The van der Waals surface area contributed by atoms with Gasteiger partial charge in [0, 0.05) is 24.4 Å². The maximum Gasteiger partial charge on any atom is 0.307 e. The van der Waals surface area contributed by atoms with Crippen LogP contribution in [0.2, 0.25) is 0 Å². The number of pyridine rings is 1. The molecular formula is C42H57N3O9S. The molecule has 4 aliphatic rings. The summed E-state index contributed by atoms with van der Waals surface area (Å²) >= 11 is 0. The molecule has 300 valence electrons. The topological polar surface area (TPSA) is 158 Å². The van der Waals surface area contributed by atoms with Gasteiger partial charge in [0.2, 0.25) is 27.7 Å². The molecule has 3 heterocycles. The molecule has 6 rings (SSSR count). The van der Waals surface area contributed by atoms with E-state index >= 15 is 0 Å². The highest BCUT2D eigenvalue weighted by Crippen LogP contribution is 2.57. The summed E-state index contributed by atoms with van der Waals surface area (Å²) in [5.41, 5.74) is -1.99. The van der Waals surface area contributed by atoms with Gasteiger partial charge in [0.05, 0.1) is 42.2 Å². The number of ether oxygens (including phenoxy) is 3. The Morgan fingerprint density at radius 1 is 1.07 bits per heavy atom. The van der Waals surface area contributed by atoms with Crippen molar-refractivity contribution >= 4 is 44.4 Å². The van der Waals surface area contributed by atoms with Gasteiger partial charge >= 0.3 is 5.97 Å². The van der Waals surface area contributed by atoms with Crippen molar-refractivity contribution in [2.45, 2.75) is 129 Å². The fourth-order valence-corrected chi connectivity index (χ4v) is 9.62.